The molecule has 2 N–H and O–H groups in total. The summed E-state index contributed by atoms with van der Waals surface area (Å²) in [5, 5.41) is 4.71. The first kappa shape index (κ1) is 18.7. The number of amides is 3. The molecule has 0 aromatic carbocycles. The van der Waals surface area contributed by atoms with E-state index in [1.807, 2.05) is 4.90 Å². The average Bonchev–Trinajstić information content (AvgIpc) is 3.05. The Bertz CT molecular complexity index is 648. The largest absolute Gasteiger partial charge is 0.452 e. The van der Waals surface area contributed by atoms with E-state index in [-0.39, 0.29) is 0 Å². The van der Waals surface area contributed by atoms with E-state index in [1.165, 1.54) is 0 Å². The van der Waals surface area contributed by atoms with Gasteiger partial charge in [0.2, 0.25) is 0 Å². The molecule has 1 aromatic heterocycles. The number of urea groups is 1. The van der Waals surface area contributed by atoms with Crippen molar-refractivity contribution in [2.24, 2.45) is 0 Å². The van der Waals surface area contributed by atoms with Crippen LogP contribution in [0.1, 0.15) is 44.0 Å². The highest BCUT2D eigenvalue weighted by Gasteiger charge is 2.22. The molecule has 0 aliphatic carbocycles. The lowest BCUT2D eigenvalue weighted by Gasteiger charge is -2.20. The lowest BCUT2D eigenvalue weighted by molar-refractivity contribution is -0.123. The molecule has 0 spiro atoms. The summed E-state index contributed by atoms with van der Waals surface area (Å²) in [6.45, 7) is 6.51. The monoisotopic (exact) mass is 348 g/mol. The maximum Gasteiger partial charge on any atom is 0.342 e. The van der Waals surface area contributed by atoms with E-state index in [0.717, 1.165) is 25.9 Å². The minimum Gasteiger partial charge on any atom is -0.452 e. The quantitative estimate of drug-likeness (QED) is 0.799. The van der Waals surface area contributed by atoms with E-state index in [2.05, 4.69) is 15.6 Å². The van der Waals surface area contributed by atoms with Crippen LogP contribution in [0.3, 0.4) is 0 Å². The molecule has 0 bridgehead atoms. The molecule has 2 heterocycles. The van der Waals surface area contributed by atoms with E-state index in [4.69, 9.17) is 4.74 Å². The maximum atomic E-state index is 12.3. The fourth-order valence-corrected chi connectivity index (χ4v) is 2.48. The molecule has 0 radical (unpaired) electrons. The summed E-state index contributed by atoms with van der Waals surface area (Å²) < 4.78 is 5.02. The standard InChI is InChI=1S/C17H24N4O4/c1-17(2,3)20-16(24)19-13(22)11-25-15(23)12-7-6-8-18-14(12)21-9-4-5-10-21/h6-8H,4-5,9-11H2,1-3H3,(H2,19,20,22,24). The number of carbonyl (C=O) groups is 3. The molecule has 1 aromatic rings. The lowest BCUT2D eigenvalue weighted by Crippen LogP contribution is -2.49. The molecule has 25 heavy (non-hydrogen) atoms. The van der Waals surface area contributed by atoms with E-state index in [9.17, 15) is 14.4 Å². The Labute approximate surface area is 146 Å². The Kier molecular flexibility index (Phi) is 5.95. The minimum absolute atomic E-state index is 0.316. The third-order valence-electron chi connectivity index (χ3n) is 3.49. The van der Waals surface area contributed by atoms with Gasteiger partial charge in [0.25, 0.3) is 5.91 Å². The van der Waals surface area contributed by atoms with Crippen molar-refractivity contribution in [1.82, 2.24) is 15.6 Å². The van der Waals surface area contributed by atoms with Gasteiger partial charge in [0.1, 0.15) is 11.4 Å². The van der Waals surface area contributed by atoms with E-state index < -0.39 is 30.1 Å². The van der Waals surface area contributed by atoms with Crippen LogP contribution in [0.4, 0.5) is 10.6 Å². The van der Waals surface area contributed by atoms with Gasteiger partial charge in [-0.25, -0.2) is 14.6 Å². The number of rotatable bonds is 4. The number of imide groups is 1. The number of hydrogen-bond acceptors (Lipinski definition) is 6. The number of carbonyl (C=O) groups excluding carboxylic acids is 3. The van der Waals surface area contributed by atoms with Crippen LogP contribution in [0.25, 0.3) is 0 Å². The van der Waals surface area contributed by atoms with Crippen LogP contribution >= 0.6 is 0 Å². The average molecular weight is 348 g/mol. The number of pyridine rings is 1. The summed E-state index contributed by atoms with van der Waals surface area (Å²) >= 11 is 0. The molecule has 1 fully saturated rings. The predicted octanol–water partition coefficient (Wildman–Crippen LogP) is 1.46. The summed E-state index contributed by atoms with van der Waals surface area (Å²) in [6.07, 6.45) is 3.72. The molecule has 2 rings (SSSR count). The Morgan fingerprint density at radius 2 is 1.92 bits per heavy atom. The first-order chi connectivity index (χ1) is 11.8. The SMILES string of the molecule is CC(C)(C)NC(=O)NC(=O)COC(=O)c1cccnc1N1CCCC1. The van der Waals surface area contributed by atoms with Gasteiger partial charge in [0.05, 0.1) is 0 Å². The second-order valence-electron chi connectivity index (χ2n) is 6.90. The zero-order valence-electron chi connectivity index (χ0n) is 14.8. The number of nitrogens with zero attached hydrogens (tertiary/aromatic N) is 2. The van der Waals surface area contributed by atoms with Gasteiger partial charge >= 0.3 is 12.0 Å². The molecule has 0 unspecified atom stereocenters. The van der Waals surface area contributed by atoms with Gasteiger partial charge < -0.3 is 15.0 Å². The van der Waals surface area contributed by atoms with Crippen LogP contribution in [0, 0.1) is 0 Å². The maximum absolute atomic E-state index is 12.3. The van der Waals surface area contributed by atoms with Crippen molar-refractivity contribution in [3.05, 3.63) is 23.9 Å². The van der Waals surface area contributed by atoms with Crippen LogP contribution in [0.5, 0.6) is 0 Å². The lowest BCUT2D eigenvalue weighted by atomic mass is 10.1. The molecule has 3 amide bonds. The highest BCUT2D eigenvalue weighted by molar-refractivity contribution is 5.98. The third-order valence-corrected chi connectivity index (χ3v) is 3.49. The number of anilines is 1. The van der Waals surface area contributed by atoms with Crippen LogP contribution in [-0.4, -0.2) is 48.1 Å². The Balaban J connectivity index is 1.90. The molecule has 8 heteroatoms. The summed E-state index contributed by atoms with van der Waals surface area (Å²) in [5.74, 6) is -0.765. The van der Waals surface area contributed by atoms with Crippen LogP contribution in [0.15, 0.2) is 18.3 Å². The fraction of sp³-hybridized carbons (Fsp3) is 0.529. The Hall–Kier alpha value is -2.64. The van der Waals surface area contributed by atoms with Gasteiger partial charge in [0.15, 0.2) is 6.61 Å². The second-order valence-corrected chi connectivity index (χ2v) is 6.90. The van der Waals surface area contributed by atoms with Crippen molar-refractivity contribution in [2.75, 3.05) is 24.6 Å². The fourth-order valence-electron chi connectivity index (χ4n) is 2.48. The van der Waals surface area contributed by atoms with E-state index in [1.54, 1.807) is 39.1 Å². The Morgan fingerprint density at radius 3 is 2.56 bits per heavy atom. The second kappa shape index (κ2) is 7.96. The van der Waals surface area contributed by atoms with Gasteiger partial charge in [-0.05, 0) is 45.7 Å². The minimum atomic E-state index is -0.693. The van der Waals surface area contributed by atoms with Crippen molar-refractivity contribution in [2.45, 2.75) is 39.2 Å². The smallest absolute Gasteiger partial charge is 0.342 e. The van der Waals surface area contributed by atoms with E-state index >= 15 is 0 Å². The van der Waals surface area contributed by atoms with E-state index in [0.29, 0.717) is 11.4 Å². The zero-order valence-corrected chi connectivity index (χ0v) is 14.8. The molecule has 1 saturated heterocycles. The van der Waals surface area contributed by atoms with Crippen molar-refractivity contribution >= 4 is 23.7 Å². The number of ether oxygens (including phenoxy) is 1. The molecular weight excluding hydrogens is 324 g/mol. The summed E-state index contributed by atoms with van der Waals surface area (Å²) in [6, 6.07) is 2.63. The van der Waals surface area contributed by atoms with Crippen LogP contribution in [0.2, 0.25) is 0 Å². The number of nitrogens with one attached hydrogen (secondary N) is 2. The van der Waals surface area contributed by atoms with Gasteiger partial charge in [0, 0.05) is 24.8 Å². The van der Waals surface area contributed by atoms with Gasteiger partial charge in [-0.3, -0.25) is 10.1 Å². The number of hydrogen-bond donors (Lipinski definition) is 2. The zero-order chi connectivity index (χ0) is 18.4. The van der Waals surface area contributed by atoms with Gasteiger partial charge in [-0.2, -0.15) is 0 Å². The predicted molar refractivity (Wildman–Crippen MR) is 92.4 cm³/mol. The molecule has 136 valence electrons. The summed E-state index contributed by atoms with van der Waals surface area (Å²) in [5.41, 5.74) is -0.155. The number of aromatic nitrogens is 1. The molecular formula is C17H24N4O4. The van der Waals surface area contributed by atoms with Crippen molar-refractivity contribution in [1.29, 1.82) is 0 Å². The molecule has 0 saturated carbocycles. The molecule has 8 nitrogen and oxygen atoms in total. The first-order valence-corrected chi connectivity index (χ1v) is 8.25. The van der Waals surface area contributed by atoms with Crippen molar-refractivity contribution in [3.63, 3.8) is 0 Å². The summed E-state index contributed by atoms with van der Waals surface area (Å²) in [7, 11) is 0. The number of esters is 1. The normalized spacial score (nSPS) is 14.1. The van der Waals surface area contributed by atoms with Crippen molar-refractivity contribution < 1.29 is 19.1 Å². The van der Waals surface area contributed by atoms with Crippen molar-refractivity contribution in [3.8, 4) is 0 Å². The topological polar surface area (TPSA) is 101 Å². The third kappa shape index (κ3) is 5.74. The Morgan fingerprint density at radius 1 is 1.24 bits per heavy atom. The highest BCUT2D eigenvalue weighted by Crippen LogP contribution is 2.22. The molecule has 1 aliphatic rings. The van der Waals surface area contributed by atoms with Gasteiger partial charge in [-0.1, -0.05) is 0 Å². The van der Waals surface area contributed by atoms with Crippen LogP contribution < -0.4 is 15.5 Å². The first-order valence-electron chi connectivity index (χ1n) is 8.25. The highest BCUT2D eigenvalue weighted by atomic mass is 16.5. The summed E-state index contributed by atoms with van der Waals surface area (Å²) in [4.78, 5) is 41.9. The molecule has 1 aliphatic heterocycles. The molecule has 0 atom stereocenters. The van der Waals surface area contributed by atoms with Crippen LogP contribution in [-0.2, 0) is 9.53 Å². The van der Waals surface area contributed by atoms with Gasteiger partial charge in [-0.15, -0.1) is 0 Å².